The van der Waals surface area contributed by atoms with Crippen LogP contribution in [0.25, 0.3) is 0 Å². The van der Waals surface area contributed by atoms with E-state index in [0.717, 1.165) is 18.6 Å². The standard InChI is InChI=1S/C25H33F3N2O4/c1-6-7-8-13-33-14-9-12-30-16(2)17(21-18(26)10-11-19(27)22(21)28)15-20(23(30)31)29-24(32)34-25(3,4)5/h1,10-11,16-17,20H,7-9,12-15H2,2-5H3,(H,29,32)/t16-,17-,20+/m1/s1. The van der Waals surface area contributed by atoms with E-state index in [1.54, 1.807) is 27.7 Å². The molecule has 1 aliphatic rings. The molecule has 6 nitrogen and oxygen atoms in total. The minimum Gasteiger partial charge on any atom is -0.444 e. The molecule has 1 aliphatic heterocycles. The van der Waals surface area contributed by atoms with E-state index in [0.29, 0.717) is 26.1 Å². The molecule has 0 aliphatic carbocycles. The number of halogens is 3. The van der Waals surface area contributed by atoms with Crippen LogP contribution in [0, 0.1) is 29.8 Å². The molecule has 0 saturated carbocycles. The van der Waals surface area contributed by atoms with Crippen molar-refractivity contribution in [1.29, 1.82) is 0 Å². The maximum Gasteiger partial charge on any atom is 0.408 e. The second-order valence-corrected chi connectivity index (χ2v) is 9.34. The number of rotatable bonds is 9. The molecule has 0 radical (unpaired) electrons. The van der Waals surface area contributed by atoms with Crippen LogP contribution < -0.4 is 5.32 Å². The number of hydrogen-bond acceptors (Lipinski definition) is 4. The Morgan fingerprint density at radius 2 is 1.85 bits per heavy atom. The number of terminal acetylenes is 1. The van der Waals surface area contributed by atoms with Gasteiger partial charge in [-0.2, -0.15) is 0 Å². The molecule has 0 spiro atoms. The van der Waals surface area contributed by atoms with E-state index >= 15 is 0 Å². The first-order chi connectivity index (χ1) is 16.0. The van der Waals surface area contributed by atoms with Crippen LogP contribution in [0.4, 0.5) is 18.0 Å². The highest BCUT2D eigenvalue weighted by Crippen LogP contribution is 2.37. The molecule has 1 N–H and O–H groups in total. The molecule has 0 unspecified atom stereocenters. The van der Waals surface area contributed by atoms with Gasteiger partial charge < -0.3 is 19.7 Å². The number of carbonyl (C=O) groups is 2. The number of amides is 2. The lowest BCUT2D eigenvalue weighted by molar-refractivity contribution is -0.140. The Morgan fingerprint density at radius 1 is 1.21 bits per heavy atom. The van der Waals surface area contributed by atoms with Gasteiger partial charge in [-0.1, -0.05) is 0 Å². The van der Waals surface area contributed by atoms with Crippen molar-refractivity contribution in [2.45, 2.75) is 77.0 Å². The Labute approximate surface area is 199 Å². The molecule has 1 heterocycles. The lowest BCUT2D eigenvalue weighted by Crippen LogP contribution is -2.58. The maximum absolute atomic E-state index is 14.6. The Balaban J connectivity index is 2.22. The van der Waals surface area contributed by atoms with Crippen LogP contribution in [0.3, 0.4) is 0 Å². The average molecular weight is 483 g/mol. The van der Waals surface area contributed by atoms with Crippen LogP contribution in [0.5, 0.6) is 0 Å². The van der Waals surface area contributed by atoms with Crippen molar-refractivity contribution in [3.05, 3.63) is 35.1 Å². The Hall–Kier alpha value is -2.73. The SMILES string of the molecule is C#CCCCOCCCN1C(=O)[C@@H](NC(=O)OC(C)(C)C)C[C@@H](c2c(F)ccc(F)c2F)[C@H]1C. The molecule has 2 amide bonds. The van der Waals surface area contributed by atoms with E-state index in [1.165, 1.54) is 4.90 Å². The number of carbonyl (C=O) groups excluding carboxylic acids is 2. The molecule has 9 heteroatoms. The fourth-order valence-electron chi connectivity index (χ4n) is 4.01. The zero-order chi connectivity index (χ0) is 25.5. The highest BCUT2D eigenvalue weighted by atomic mass is 19.2. The third-order valence-electron chi connectivity index (χ3n) is 5.58. The summed E-state index contributed by atoms with van der Waals surface area (Å²) >= 11 is 0. The fraction of sp³-hybridized carbons (Fsp3) is 0.600. The highest BCUT2D eigenvalue weighted by Gasteiger charge is 2.43. The molecule has 1 saturated heterocycles. The van der Waals surface area contributed by atoms with Crippen molar-refractivity contribution in [2.75, 3.05) is 19.8 Å². The number of nitrogens with zero attached hydrogens (tertiary/aromatic N) is 1. The molecule has 0 bridgehead atoms. The van der Waals surface area contributed by atoms with E-state index in [4.69, 9.17) is 15.9 Å². The number of benzene rings is 1. The van der Waals surface area contributed by atoms with Crippen LogP contribution in [0.15, 0.2) is 12.1 Å². The normalized spacial score (nSPS) is 20.7. The third kappa shape index (κ3) is 7.39. The quantitative estimate of drug-likeness (QED) is 0.319. The minimum atomic E-state index is -1.29. The van der Waals surface area contributed by atoms with Gasteiger partial charge in [-0.3, -0.25) is 4.79 Å². The van der Waals surface area contributed by atoms with Crippen molar-refractivity contribution in [2.24, 2.45) is 0 Å². The summed E-state index contributed by atoms with van der Waals surface area (Å²) in [4.78, 5) is 27.0. The van der Waals surface area contributed by atoms with Crippen LogP contribution in [-0.4, -0.2) is 54.3 Å². The van der Waals surface area contributed by atoms with Gasteiger partial charge >= 0.3 is 6.09 Å². The number of piperidine rings is 1. The lowest BCUT2D eigenvalue weighted by atomic mass is 9.81. The number of ether oxygens (including phenoxy) is 2. The number of hydrogen-bond donors (Lipinski definition) is 1. The van der Waals surface area contributed by atoms with E-state index in [-0.39, 0.29) is 13.0 Å². The molecule has 2 rings (SSSR count). The van der Waals surface area contributed by atoms with Gasteiger partial charge in [0.25, 0.3) is 0 Å². The van der Waals surface area contributed by atoms with Crippen LogP contribution in [0.1, 0.15) is 64.9 Å². The molecular weight excluding hydrogens is 449 g/mol. The van der Waals surface area contributed by atoms with E-state index < -0.39 is 58.6 Å². The van der Waals surface area contributed by atoms with Crippen molar-refractivity contribution < 1.29 is 32.2 Å². The minimum absolute atomic E-state index is 0.102. The maximum atomic E-state index is 14.6. The van der Waals surface area contributed by atoms with Gasteiger partial charge in [0, 0.05) is 43.7 Å². The number of unbranched alkanes of at least 4 members (excludes halogenated alkanes) is 1. The van der Waals surface area contributed by atoms with Gasteiger partial charge in [-0.25, -0.2) is 18.0 Å². The molecule has 0 aromatic heterocycles. The predicted octanol–water partition coefficient (Wildman–Crippen LogP) is 4.52. The molecule has 1 aromatic carbocycles. The molecule has 3 atom stereocenters. The van der Waals surface area contributed by atoms with E-state index in [9.17, 15) is 22.8 Å². The molecule has 1 fully saturated rings. The topological polar surface area (TPSA) is 67.9 Å². The summed E-state index contributed by atoms with van der Waals surface area (Å²) in [5, 5.41) is 2.51. The number of likely N-dealkylation sites (tertiary alicyclic amines) is 1. The first kappa shape index (κ1) is 27.5. The summed E-state index contributed by atoms with van der Waals surface area (Å²) < 4.78 is 54.0. The van der Waals surface area contributed by atoms with E-state index in [2.05, 4.69) is 11.2 Å². The first-order valence-corrected chi connectivity index (χ1v) is 11.4. The Kier molecular flexibility index (Phi) is 9.80. The van der Waals surface area contributed by atoms with Crippen LogP contribution >= 0.6 is 0 Å². The molecular formula is C25H33F3N2O4. The molecule has 1 aromatic rings. The first-order valence-electron chi connectivity index (χ1n) is 11.4. The third-order valence-corrected chi connectivity index (χ3v) is 5.58. The van der Waals surface area contributed by atoms with Crippen LogP contribution in [0.2, 0.25) is 0 Å². The number of nitrogens with one attached hydrogen (secondary N) is 1. The van der Waals surface area contributed by atoms with Gasteiger partial charge in [0.05, 0.1) is 0 Å². The second kappa shape index (κ2) is 12.1. The summed E-state index contributed by atoms with van der Waals surface area (Å²) in [6.07, 6.45) is 6.07. The van der Waals surface area contributed by atoms with Crippen molar-refractivity contribution in [3.8, 4) is 12.3 Å². The smallest absolute Gasteiger partial charge is 0.408 e. The van der Waals surface area contributed by atoms with Gasteiger partial charge in [0.2, 0.25) is 5.91 Å². The van der Waals surface area contributed by atoms with E-state index in [1.807, 2.05) is 0 Å². The van der Waals surface area contributed by atoms with Gasteiger partial charge in [-0.15, -0.1) is 12.3 Å². The highest BCUT2D eigenvalue weighted by molar-refractivity contribution is 5.87. The monoisotopic (exact) mass is 482 g/mol. The average Bonchev–Trinajstić information content (AvgIpc) is 2.74. The fourth-order valence-corrected chi connectivity index (χ4v) is 4.01. The lowest BCUT2D eigenvalue weighted by Gasteiger charge is -2.43. The molecule has 34 heavy (non-hydrogen) atoms. The van der Waals surface area contributed by atoms with Gasteiger partial charge in [0.1, 0.15) is 17.5 Å². The van der Waals surface area contributed by atoms with Crippen molar-refractivity contribution in [1.82, 2.24) is 10.2 Å². The Morgan fingerprint density at radius 3 is 2.50 bits per heavy atom. The van der Waals surface area contributed by atoms with Crippen LogP contribution in [-0.2, 0) is 14.3 Å². The largest absolute Gasteiger partial charge is 0.444 e. The Bertz CT molecular complexity index is 911. The summed E-state index contributed by atoms with van der Waals surface area (Å²) in [6, 6.07) is -0.147. The molecule has 188 valence electrons. The summed E-state index contributed by atoms with van der Waals surface area (Å²) in [7, 11) is 0. The van der Waals surface area contributed by atoms with Gasteiger partial charge in [-0.05, 0) is 59.1 Å². The second-order valence-electron chi connectivity index (χ2n) is 9.34. The zero-order valence-corrected chi connectivity index (χ0v) is 20.1. The summed E-state index contributed by atoms with van der Waals surface area (Å²) in [5.74, 6) is -2.14. The predicted molar refractivity (Wildman–Crippen MR) is 122 cm³/mol. The van der Waals surface area contributed by atoms with Crippen molar-refractivity contribution >= 4 is 12.0 Å². The zero-order valence-electron chi connectivity index (χ0n) is 20.1. The van der Waals surface area contributed by atoms with Crippen molar-refractivity contribution in [3.63, 3.8) is 0 Å². The summed E-state index contributed by atoms with van der Waals surface area (Å²) in [5.41, 5.74) is -1.24. The number of alkyl carbamates (subject to hydrolysis) is 1. The summed E-state index contributed by atoms with van der Waals surface area (Å²) in [6.45, 7) is 7.76. The van der Waals surface area contributed by atoms with Gasteiger partial charge in [0.15, 0.2) is 11.6 Å².